The molecule has 1 N–H and O–H groups in total. The van der Waals surface area contributed by atoms with Crippen molar-refractivity contribution in [2.24, 2.45) is 10.2 Å². The number of carbonyl (C=O) groups excluding carboxylic acids is 2. The molecule has 3 rings (SSSR count). The summed E-state index contributed by atoms with van der Waals surface area (Å²) in [6, 6.07) is 2.23. The largest absolute Gasteiger partial charge is 0.612 e. The maximum atomic E-state index is 12.5. The number of nitrogens with one attached hydrogen (secondary N) is 1. The van der Waals surface area contributed by atoms with Crippen LogP contribution < -0.4 is 5.43 Å². The Bertz CT molecular complexity index is 879. The van der Waals surface area contributed by atoms with Gasteiger partial charge in [-0.25, -0.2) is 0 Å². The van der Waals surface area contributed by atoms with Gasteiger partial charge in [0.15, 0.2) is 6.04 Å². The molecule has 1 aliphatic heterocycles. The van der Waals surface area contributed by atoms with Crippen LogP contribution in [0.25, 0.3) is 0 Å². The number of nitrogens with zero attached hydrogens (tertiary/aromatic N) is 5. The molecule has 0 aromatic carbocycles. The van der Waals surface area contributed by atoms with Crippen molar-refractivity contribution in [3.63, 3.8) is 0 Å². The van der Waals surface area contributed by atoms with Crippen molar-refractivity contribution in [2.75, 3.05) is 0 Å². The highest BCUT2D eigenvalue weighted by molar-refractivity contribution is 6.19. The first kappa shape index (κ1) is 17.0. The SMILES string of the molecule is CC1=NN(C(=O)c2cccnc2)C(=O)C1NN=C1C=CC(=[N+]([O-])[O-])C=C1. The highest BCUT2D eigenvalue weighted by Crippen LogP contribution is 2.14. The summed E-state index contributed by atoms with van der Waals surface area (Å²) in [5.41, 5.74) is 3.60. The van der Waals surface area contributed by atoms with Gasteiger partial charge in [-0.1, -0.05) is 0 Å². The number of hydrazone groups is 2. The molecule has 1 aromatic heterocycles. The lowest BCUT2D eigenvalue weighted by Gasteiger charge is -2.13. The van der Waals surface area contributed by atoms with Crippen LogP contribution in [-0.2, 0) is 4.79 Å². The Morgan fingerprint density at radius 3 is 2.65 bits per heavy atom. The predicted molar refractivity (Wildman–Crippen MR) is 93.2 cm³/mol. The number of amides is 2. The molecule has 0 saturated carbocycles. The smallest absolute Gasteiger partial charge is 0.282 e. The van der Waals surface area contributed by atoms with Gasteiger partial charge in [0.05, 0.1) is 17.0 Å². The summed E-state index contributed by atoms with van der Waals surface area (Å²) >= 11 is 0. The van der Waals surface area contributed by atoms with Crippen molar-refractivity contribution in [1.82, 2.24) is 15.4 Å². The van der Waals surface area contributed by atoms with Gasteiger partial charge in [0.2, 0.25) is 5.71 Å². The van der Waals surface area contributed by atoms with Gasteiger partial charge in [0, 0.05) is 24.5 Å². The molecule has 0 fully saturated rings. The molecule has 0 bridgehead atoms. The molecule has 1 aromatic rings. The lowest BCUT2D eigenvalue weighted by atomic mass is 10.1. The van der Waals surface area contributed by atoms with E-state index in [1.807, 2.05) is 0 Å². The zero-order valence-corrected chi connectivity index (χ0v) is 13.6. The van der Waals surface area contributed by atoms with Crippen LogP contribution in [0.1, 0.15) is 17.3 Å². The number of hydrogen-bond donors (Lipinski definition) is 1. The Morgan fingerprint density at radius 2 is 2.04 bits per heavy atom. The highest BCUT2D eigenvalue weighted by atomic mass is 16.8. The van der Waals surface area contributed by atoms with Crippen LogP contribution in [0.4, 0.5) is 0 Å². The van der Waals surface area contributed by atoms with Crippen LogP contribution in [0.3, 0.4) is 0 Å². The van der Waals surface area contributed by atoms with E-state index in [4.69, 9.17) is 0 Å². The molecule has 1 atom stereocenters. The number of rotatable bonds is 3. The fraction of sp³-hybridized carbons (Fsp3) is 0.125. The van der Waals surface area contributed by atoms with E-state index in [1.54, 1.807) is 13.0 Å². The van der Waals surface area contributed by atoms with Crippen molar-refractivity contribution in [2.45, 2.75) is 13.0 Å². The van der Waals surface area contributed by atoms with E-state index in [0.29, 0.717) is 11.4 Å². The molecule has 10 heteroatoms. The average molecular weight is 353 g/mol. The van der Waals surface area contributed by atoms with Crippen molar-refractivity contribution >= 4 is 28.9 Å². The normalized spacial score (nSPS) is 18.8. The van der Waals surface area contributed by atoms with Gasteiger partial charge < -0.3 is 10.4 Å². The molecule has 0 saturated heterocycles. The summed E-state index contributed by atoms with van der Waals surface area (Å²) in [5.74, 6) is -1.15. The van der Waals surface area contributed by atoms with Gasteiger partial charge in [-0.2, -0.15) is 20.1 Å². The molecule has 0 radical (unpaired) electrons. The van der Waals surface area contributed by atoms with E-state index in [1.165, 1.54) is 42.8 Å². The van der Waals surface area contributed by atoms with Crippen LogP contribution in [0.5, 0.6) is 0 Å². The Balaban J connectivity index is 1.71. The Hall–Kier alpha value is -3.82. The van der Waals surface area contributed by atoms with E-state index in [2.05, 4.69) is 20.6 Å². The maximum absolute atomic E-state index is 12.5. The molecule has 2 heterocycles. The van der Waals surface area contributed by atoms with Gasteiger partial charge in [-0.05, 0) is 31.2 Å². The Labute approximate surface area is 147 Å². The van der Waals surface area contributed by atoms with Gasteiger partial charge in [-0.3, -0.25) is 20.0 Å². The molecule has 2 amide bonds. The summed E-state index contributed by atoms with van der Waals surface area (Å²) in [6.07, 6.45) is 8.35. The number of allylic oxidation sites excluding steroid dienone is 4. The third kappa shape index (κ3) is 3.34. The Morgan fingerprint density at radius 1 is 1.31 bits per heavy atom. The zero-order valence-electron chi connectivity index (χ0n) is 13.6. The van der Waals surface area contributed by atoms with Crippen molar-refractivity contribution in [3.05, 3.63) is 64.8 Å². The number of carbonyl (C=O) groups is 2. The molecule has 0 spiro atoms. The second-order valence-electron chi connectivity index (χ2n) is 5.39. The van der Waals surface area contributed by atoms with E-state index in [0.717, 1.165) is 5.01 Å². The molecule has 2 aliphatic rings. The number of aromatic nitrogens is 1. The molecular weight excluding hydrogens is 340 g/mol. The zero-order chi connectivity index (χ0) is 18.7. The highest BCUT2D eigenvalue weighted by Gasteiger charge is 2.37. The van der Waals surface area contributed by atoms with E-state index < -0.39 is 22.8 Å². The van der Waals surface area contributed by atoms with Gasteiger partial charge in [-0.15, -0.1) is 0 Å². The molecule has 1 aliphatic carbocycles. The minimum atomic E-state index is -0.897. The van der Waals surface area contributed by atoms with Gasteiger partial charge >= 0.3 is 0 Å². The third-order valence-corrected chi connectivity index (χ3v) is 3.62. The Kier molecular flexibility index (Phi) is 4.56. The fourth-order valence-corrected chi connectivity index (χ4v) is 2.26. The average Bonchev–Trinajstić information content (AvgIpc) is 2.94. The van der Waals surface area contributed by atoms with Crippen LogP contribution in [-0.4, -0.2) is 49.9 Å². The summed E-state index contributed by atoms with van der Waals surface area (Å²) in [5, 5.41) is 30.1. The predicted octanol–water partition coefficient (Wildman–Crippen LogP) is 0.329. The molecule has 26 heavy (non-hydrogen) atoms. The standard InChI is InChI=1S/C16H13N6O4/c1-10-14(19-18-12-4-6-13(7-5-12)22(25)26)16(24)21(20-10)15(23)11-3-2-8-17-9-11/h2-9,14,19H,1H3/q-1. The lowest BCUT2D eigenvalue weighted by molar-refractivity contribution is -0.377. The fourth-order valence-electron chi connectivity index (χ4n) is 2.26. The van der Waals surface area contributed by atoms with Gasteiger partial charge in [0.1, 0.15) is 0 Å². The number of hydrogen-bond acceptors (Lipinski definition) is 8. The van der Waals surface area contributed by atoms with E-state index in [9.17, 15) is 20.0 Å². The van der Waals surface area contributed by atoms with E-state index >= 15 is 0 Å². The second kappa shape index (κ2) is 6.97. The van der Waals surface area contributed by atoms with Crippen molar-refractivity contribution < 1.29 is 14.5 Å². The summed E-state index contributed by atoms with van der Waals surface area (Å²) in [7, 11) is 0. The molecular formula is C16H13N6O4-. The first-order chi connectivity index (χ1) is 12.5. The first-order valence-corrected chi connectivity index (χ1v) is 7.51. The van der Waals surface area contributed by atoms with Crippen LogP contribution in [0.2, 0.25) is 0 Å². The van der Waals surface area contributed by atoms with Crippen molar-refractivity contribution in [1.29, 1.82) is 0 Å². The number of pyridine rings is 1. The number of imide groups is 1. The van der Waals surface area contributed by atoms with Gasteiger partial charge in [0.25, 0.3) is 11.8 Å². The molecule has 1 unspecified atom stereocenters. The summed E-state index contributed by atoms with van der Waals surface area (Å²) < 4.78 is 0. The molecule has 10 nitrogen and oxygen atoms in total. The van der Waals surface area contributed by atoms with Crippen LogP contribution in [0, 0.1) is 10.4 Å². The quantitative estimate of drug-likeness (QED) is 0.360. The van der Waals surface area contributed by atoms with Crippen LogP contribution in [0.15, 0.2) is 59.0 Å². The monoisotopic (exact) mass is 353 g/mol. The third-order valence-electron chi connectivity index (χ3n) is 3.62. The van der Waals surface area contributed by atoms with Crippen molar-refractivity contribution in [3.8, 4) is 0 Å². The summed E-state index contributed by atoms with van der Waals surface area (Å²) in [6.45, 7) is 1.59. The lowest BCUT2D eigenvalue weighted by Crippen LogP contribution is -2.42. The first-order valence-electron chi connectivity index (χ1n) is 7.51. The van der Waals surface area contributed by atoms with E-state index in [-0.39, 0.29) is 11.3 Å². The minimum Gasteiger partial charge on any atom is -0.612 e. The summed E-state index contributed by atoms with van der Waals surface area (Å²) in [4.78, 5) is 28.1. The topological polar surface area (TPSA) is 136 Å². The second-order valence-corrected chi connectivity index (χ2v) is 5.39. The molecule has 132 valence electrons. The van der Waals surface area contributed by atoms with Crippen LogP contribution >= 0.6 is 0 Å². The maximum Gasteiger partial charge on any atom is 0.282 e. The minimum absolute atomic E-state index is 0.0631.